The Balaban J connectivity index is 2.22. The molecule has 0 saturated heterocycles. The number of nitrogens with zero attached hydrogens (tertiary/aromatic N) is 1. The van der Waals surface area contributed by atoms with Crippen molar-refractivity contribution in [2.45, 2.75) is 0 Å². The van der Waals surface area contributed by atoms with E-state index in [2.05, 4.69) is 15.3 Å². The van der Waals surface area contributed by atoms with E-state index in [0.717, 1.165) is 11.5 Å². The summed E-state index contributed by atoms with van der Waals surface area (Å²) >= 11 is 11.6. The van der Waals surface area contributed by atoms with Crippen LogP contribution in [0.4, 0.5) is 11.5 Å². The molecule has 5 heteroatoms. The predicted octanol–water partition coefficient (Wildman–Crippen LogP) is 3.46. The number of rotatable bonds is 2. The van der Waals surface area contributed by atoms with Gasteiger partial charge in [0.15, 0.2) is 0 Å². The molecule has 14 heavy (non-hydrogen) atoms. The molecule has 72 valence electrons. The van der Waals surface area contributed by atoms with Gasteiger partial charge in [-0.15, -0.1) is 0 Å². The number of anilines is 2. The molecule has 0 fully saturated rings. The number of benzene rings is 1. The Kier molecular flexibility index (Phi) is 2.61. The molecule has 0 aliphatic heterocycles. The fourth-order valence-electron chi connectivity index (χ4n) is 1.05. The fraction of sp³-hybridized carbons (Fsp3) is 0. The van der Waals surface area contributed by atoms with E-state index in [1.165, 1.54) is 0 Å². The van der Waals surface area contributed by atoms with Crippen molar-refractivity contribution in [2.75, 3.05) is 5.32 Å². The van der Waals surface area contributed by atoms with Crippen LogP contribution in [0, 0.1) is 0 Å². The first-order valence-corrected chi connectivity index (χ1v) is 4.72. The van der Waals surface area contributed by atoms with Crippen LogP contribution in [0.1, 0.15) is 0 Å². The molecule has 1 heterocycles. The average Bonchev–Trinajstić information content (AvgIpc) is 2.64. The third-order valence-electron chi connectivity index (χ3n) is 1.70. The first-order valence-electron chi connectivity index (χ1n) is 3.96. The highest BCUT2D eigenvalue weighted by atomic mass is 35.5. The molecule has 0 unspecified atom stereocenters. The SMILES string of the molecule is Clc1ccc(Nc2cnc[nH]2)cc1Cl. The Morgan fingerprint density at radius 2 is 2.07 bits per heavy atom. The summed E-state index contributed by atoms with van der Waals surface area (Å²) in [5.41, 5.74) is 0.864. The van der Waals surface area contributed by atoms with E-state index in [1.807, 2.05) is 6.07 Å². The molecule has 1 aromatic carbocycles. The molecular weight excluding hydrogens is 221 g/mol. The van der Waals surface area contributed by atoms with Crippen molar-refractivity contribution in [1.29, 1.82) is 0 Å². The van der Waals surface area contributed by atoms with Crippen molar-refractivity contribution in [1.82, 2.24) is 9.97 Å². The number of nitrogens with one attached hydrogen (secondary N) is 2. The summed E-state index contributed by atoms with van der Waals surface area (Å²) in [5.74, 6) is 0.809. The molecule has 0 amide bonds. The van der Waals surface area contributed by atoms with Crippen molar-refractivity contribution >= 4 is 34.7 Å². The summed E-state index contributed by atoms with van der Waals surface area (Å²) in [4.78, 5) is 6.80. The lowest BCUT2D eigenvalue weighted by atomic mass is 10.3. The molecule has 0 aliphatic rings. The maximum atomic E-state index is 5.86. The summed E-state index contributed by atoms with van der Waals surface area (Å²) in [6.45, 7) is 0. The molecular formula is C9H7Cl2N3. The quantitative estimate of drug-likeness (QED) is 0.826. The van der Waals surface area contributed by atoms with Gasteiger partial charge in [-0.3, -0.25) is 0 Å². The molecule has 2 aromatic rings. The minimum Gasteiger partial charge on any atom is -0.340 e. The average molecular weight is 228 g/mol. The van der Waals surface area contributed by atoms with E-state index in [1.54, 1.807) is 24.7 Å². The van der Waals surface area contributed by atoms with Gasteiger partial charge in [-0.1, -0.05) is 23.2 Å². The van der Waals surface area contributed by atoms with Crippen molar-refractivity contribution in [2.24, 2.45) is 0 Å². The Labute approximate surface area is 91.1 Å². The third-order valence-corrected chi connectivity index (χ3v) is 2.44. The van der Waals surface area contributed by atoms with Gasteiger partial charge in [-0.25, -0.2) is 4.98 Å². The summed E-state index contributed by atoms with van der Waals surface area (Å²) in [6.07, 6.45) is 3.28. The second-order valence-corrected chi connectivity index (χ2v) is 3.53. The van der Waals surface area contributed by atoms with Crippen molar-refractivity contribution < 1.29 is 0 Å². The highest BCUT2D eigenvalue weighted by Gasteiger charge is 1.99. The van der Waals surface area contributed by atoms with Crippen LogP contribution in [0.2, 0.25) is 10.0 Å². The monoisotopic (exact) mass is 227 g/mol. The first-order chi connectivity index (χ1) is 6.75. The summed E-state index contributed by atoms with van der Waals surface area (Å²) < 4.78 is 0. The van der Waals surface area contributed by atoms with Gasteiger partial charge in [0.05, 0.1) is 22.6 Å². The maximum Gasteiger partial charge on any atom is 0.127 e. The van der Waals surface area contributed by atoms with Crippen LogP contribution in [-0.4, -0.2) is 9.97 Å². The minimum absolute atomic E-state index is 0.524. The molecule has 0 saturated carbocycles. The van der Waals surface area contributed by atoms with Gasteiger partial charge >= 0.3 is 0 Å². The van der Waals surface area contributed by atoms with Gasteiger partial charge in [-0.05, 0) is 18.2 Å². The number of halogens is 2. The van der Waals surface area contributed by atoms with E-state index < -0.39 is 0 Å². The summed E-state index contributed by atoms with van der Waals surface area (Å²) in [6, 6.07) is 5.34. The molecule has 2 rings (SSSR count). The van der Waals surface area contributed by atoms with Crippen molar-refractivity contribution in [3.63, 3.8) is 0 Å². The first kappa shape index (κ1) is 9.37. The maximum absolute atomic E-state index is 5.86. The number of aromatic amines is 1. The molecule has 0 spiro atoms. The second-order valence-electron chi connectivity index (χ2n) is 2.72. The Bertz CT molecular complexity index is 426. The number of hydrogen-bond acceptors (Lipinski definition) is 2. The highest BCUT2D eigenvalue weighted by Crippen LogP contribution is 2.26. The summed E-state index contributed by atoms with van der Waals surface area (Å²) in [7, 11) is 0. The largest absolute Gasteiger partial charge is 0.340 e. The fourth-order valence-corrected chi connectivity index (χ4v) is 1.35. The zero-order chi connectivity index (χ0) is 9.97. The van der Waals surface area contributed by atoms with Crippen LogP contribution >= 0.6 is 23.2 Å². The minimum atomic E-state index is 0.524. The zero-order valence-corrected chi connectivity index (χ0v) is 8.60. The molecule has 0 atom stereocenters. The van der Waals surface area contributed by atoms with Gasteiger partial charge < -0.3 is 10.3 Å². The highest BCUT2D eigenvalue weighted by molar-refractivity contribution is 6.42. The predicted molar refractivity (Wildman–Crippen MR) is 58.3 cm³/mol. The molecule has 1 aromatic heterocycles. The van der Waals surface area contributed by atoms with E-state index in [0.29, 0.717) is 10.0 Å². The van der Waals surface area contributed by atoms with Crippen LogP contribution in [0.5, 0.6) is 0 Å². The van der Waals surface area contributed by atoms with Gasteiger partial charge in [0.1, 0.15) is 5.82 Å². The molecule has 0 radical (unpaired) electrons. The summed E-state index contributed by atoms with van der Waals surface area (Å²) in [5, 5.41) is 4.16. The number of imidazole rings is 1. The smallest absolute Gasteiger partial charge is 0.127 e. The van der Waals surface area contributed by atoms with Crippen LogP contribution in [0.25, 0.3) is 0 Å². The van der Waals surface area contributed by atoms with Crippen LogP contribution in [-0.2, 0) is 0 Å². The zero-order valence-electron chi connectivity index (χ0n) is 7.09. The third kappa shape index (κ3) is 2.00. The number of aromatic nitrogens is 2. The molecule has 0 aliphatic carbocycles. The lowest BCUT2D eigenvalue weighted by molar-refractivity contribution is 1.31. The van der Waals surface area contributed by atoms with Crippen LogP contribution in [0.3, 0.4) is 0 Å². The Hall–Kier alpha value is -1.19. The standard InChI is InChI=1S/C9H7Cl2N3/c10-7-2-1-6(3-8(7)11)14-9-4-12-5-13-9/h1-5,14H,(H,12,13). The van der Waals surface area contributed by atoms with E-state index in [-0.39, 0.29) is 0 Å². The van der Waals surface area contributed by atoms with Crippen LogP contribution < -0.4 is 5.32 Å². The number of H-pyrrole nitrogens is 1. The van der Waals surface area contributed by atoms with Crippen molar-refractivity contribution in [3.8, 4) is 0 Å². The molecule has 2 N–H and O–H groups in total. The lowest BCUT2D eigenvalue weighted by Crippen LogP contribution is -1.89. The van der Waals surface area contributed by atoms with Crippen molar-refractivity contribution in [3.05, 3.63) is 40.8 Å². The van der Waals surface area contributed by atoms with Gasteiger partial charge in [0, 0.05) is 5.69 Å². The van der Waals surface area contributed by atoms with Gasteiger partial charge in [0.2, 0.25) is 0 Å². The lowest BCUT2D eigenvalue weighted by Gasteiger charge is -2.04. The van der Waals surface area contributed by atoms with Crippen LogP contribution in [0.15, 0.2) is 30.7 Å². The van der Waals surface area contributed by atoms with E-state index >= 15 is 0 Å². The molecule has 3 nitrogen and oxygen atoms in total. The Morgan fingerprint density at radius 3 is 2.71 bits per heavy atom. The van der Waals surface area contributed by atoms with E-state index in [4.69, 9.17) is 23.2 Å². The topological polar surface area (TPSA) is 40.7 Å². The Morgan fingerprint density at radius 1 is 1.21 bits per heavy atom. The van der Waals surface area contributed by atoms with E-state index in [9.17, 15) is 0 Å². The normalized spacial score (nSPS) is 10.1. The van der Waals surface area contributed by atoms with Gasteiger partial charge in [-0.2, -0.15) is 0 Å². The number of hydrogen-bond donors (Lipinski definition) is 2. The van der Waals surface area contributed by atoms with Gasteiger partial charge in [0.25, 0.3) is 0 Å². The second kappa shape index (κ2) is 3.90. The molecule has 0 bridgehead atoms.